The molecular formula is C30H28FN7O5. The number of carboxylic acids is 1. The third-order valence-electron chi connectivity index (χ3n) is 8.39. The van der Waals surface area contributed by atoms with Gasteiger partial charge in [0.2, 0.25) is 5.43 Å². The largest absolute Gasteiger partial charge is 0.477 e. The summed E-state index contributed by atoms with van der Waals surface area (Å²) in [5.74, 6) is -2.90. The van der Waals surface area contributed by atoms with Crippen molar-refractivity contribution < 1.29 is 23.9 Å². The standard InChI is InChI=1S/C30H28FN7O5/c31-23-13-21-25(38(19-5-6-19)17-22(27(21)39)30(42)43)14-26(23)35-9-7-34(8-10-35)15-18-16-36(33-32-18)11-12-37-24-4-2-1-3-20(24)28(40)29(37)41/h1-4,13-14,16-17,19H,5-12,15H2,(H,42,43). The van der Waals surface area contributed by atoms with E-state index in [9.17, 15) is 24.3 Å². The van der Waals surface area contributed by atoms with Gasteiger partial charge in [-0.05, 0) is 37.1 Å². The SMILES string of the molecule is O=C1C(=O)N(CCn2cc(CN3CCN(c4cc5c(cc4F)c(=O)c(C(=O)O)cn5C4CC4)CC3)nn2)c2ccccc21. The van der Waals surface area contributed by atoms with Gasteiger partial charge in [0, 0.05) is 63.1 Å². The summed E-state index contributed by atoms with van der Waals surface area (Å²) in [4.78, 5) is 54.7. The Morgan fingerprint density at radius 1 is 0.977 bits per heavy atom. The van der Waals surface area contributed by atoms with Gasteiger partial charge < -0.3 is 19.5 Å². The Hall–Kier alpha value is -4.91. The highest BCUT2D eigenvalue weighted by atomic mass is 19.1. The number of hydrogen-bond donors (Lipinski definition) is 1. The normalized spacial score (nSPS) is 17.2. The van der Waals surface area contributed by atoms with Crippen molar-refractivity contribution in [1.29, 1.82) is 0 Å². The van der Waals surface area contributed by atoms with Crippen molar-refractivity contribution in [3.63, 3.8) is 0 Å². The monoisotopic (exact) mass is 585 g/mol. The second kappa shape index (κ2) is 10.4. The Bertz CT molecular complexity index is 1860. The summed E-state index contributed by atoms with van der Waals surface area (Å²) < 4.78 is 18.8. The van der Waals surface area contributed by atoms with Crippen molar-refractivity contribution >= 4 is 39.9 Å². The minimum Gasteiger partial charge on any atom is -0.477 e. The zero-order chi connectivity index (χ0) is 29.8. The number of amides is 1. The Morgan fingerprint density at radius 3 is 2.49 bits per heavy atom. The first kappa shape index (κ1) is 27.0. The number of halogens is 1. The predicted octanol–water partition coefficient (Wildman–Crippen LogP) is 2.32. The lowest BCUT2D eigenvalue weighted by molar-refractivity contribution is -0.114. The molecule has 1 amide bonds. The molecule has 1 aliphatic carbocycles. The fourth-order valence-electron chi connectivity index (χ4n) is 5.98. The minimum absolute atomic E-state index is 0.0830. The number of rotatable bonds is 8. The molecule has 3 aliphatic rings. The van der Waals surface area contributed by atoms with Crippen LogP contribution in [0.3, 0.4) is 0 Å². The van der Waals surface area contributed by atoms with Crippen LogP contribution < -0.4 is 15.2 Å². The summed E-state index contributed by atoms with van der Waals surface area (Å²) in [6.07, 6.45) is 4.99. The first-order chi connectivity index (χ1) is 20.8. The number of carboxylic acid groups (broad SMARTS) is 1. The molecule has 13 heteroatoms. The van der Waals surface area contributed by atoms with Crippen LogP contribution in [0.4, 0.5) is 15.8 Å². The minimum atomic E-state index is -1.31. The van der Waals surface area contributed by atoms with Gasteiger partial charge in [-0.2, -0.15) is 0 Å². The van der Waals surface area contributed by atoms with Crippen LogP contribution in [-0.2, 0) is 17.9 Å². The van der Waals surface area contributed by atoms with Crippen LogP contribution in [-0.4, -0.2) is 80.0 Å². The second-order valence-corrected chi connectivity index (χ2v) is 11.2. The van der Waals surface area contributed by atoms with Crippen LogP contribution in [0.25, 0.3) is 10.9 Å². The summed E-state index contributed by atoms with van der Waals surface area (Å²) in [5.41, 5.74) is 1.72. The maximum atomic E-state index is 15.3. The number of benzene rings is 2. The molecule has 220 valence electrons. The molecule has 0 spiro atoms. The summed E-state index contributed by atoms with van der Waals surface area (Å²) in [6, 6.07) is 9.90. The lowest BCUT2D eigenvalue weighted by Crippen LogP contribution is -2.46. The Morgan fingerprint density at radius 2 is 1.74 bits per heavy atom. The van der Waals surface area contributed by atoms with Crippen molar-refractivity contribution in [3.8, 4) is 0 Å². The van der Waals surface area contributed by atoms with Gasteiger partial charge in [0.15, 0.2) is 0 Å². The molecule has 2 fully saturated rings. The number of para-hydroxylation sites is 1. The molecule has 4 heterocycles. The van der Waals surface area contributed by atoms with Gasteiger partial charge in [-0.1, -0.05) is 17.3 Å². The van der Waals surface area contributed by atoms with Crippen LogP contribution >= 0.6 is 0 Å². The molecule has 2 aromatic carbocycles. The number of aromatic nitrogens is 4. The highest BCUT2D eigenvalue weighted by Gasteiger charge is 2.35. The van der Waals surface area contributed by atoms with E-state index in [1.807, 2.05) is 11.1 Å². The molecule has 0 radical (unpaired) electrons. The number of aromatic carboxylic acids is 1. The van der Waals surface area contributed by atoms with Gasteiger partial charge in [-0.3, -0.25) is 24.0 Å². The molecule has 4 aromatic rings. The van der Waals surface area contributed by atoms with Gasteiger partial charge in [0.25, 0.3) is 11.7 Å². The van der Waals surface area contributed by atoms with Gasteiger partial charge >= 0.3 is 5.97 Å². The highest BCUT2D eigenvalue weighted by molar-refractivity contribution is 6.52. The number of carbonyl (C=O) groups is 3. The zero-order valence-electron chi connectivity index (χ0n) is 23.1. The molecule has 1 saturated heterocycles. The number of Topliss-reactive ketones (excluding diaryl/α,β-unsaturated/α-hetero) is 1. The van der Waals surface area contributed by atoms with E-state index in [1.165, 1.54) is 17.2 Å². The number of anilines is 2. The fraction of sp³-hybridized carbons (Fsp3) is 0.333. The van der Waals surface area contributed by atoms with Gasteiger partial charge in [-0.15, -0.1) is 5.10 Å². The molecule has 43 heavy (non-hydrogen) atoms. The van der Waals surface area contributed by atoms with Crippen molar-refractivity contribution in [2.24, 2.45) is 0 Å². The molecule has 0 unspecified atom stereocenters. The second-order valence-electron chi connectivity index (χ2n) is 11.2. The number of ketones is 1. The first-order valence-corrected chi connectivity index (χ1v) is 14.2. The third-order valence-corrected chi connectivity index (χ3v) is 8.39. The number of fused-ring (bicyclic) bond motifs is 2. The molecule has 2 aliphatic heterocycles. The zero-order valence-corrected chi connectivity index (χ0v) is 23.1. The van der Waals surface area contributed by atoms with E-state index in [0.29, 0.717) is 68.3 Å². The molecule has 0 atom stereocenters. The summed E-state index contributed by atoms with van der Waals surface area (Å²) in [6.45, 7) is 3.65. The van der Waals surface area contributed by atoms with Crippen molar-refractivity contribution in [1.82, 2.24) is 24.5 Å². The average molecular weight is 586 g/mol. The smallest absolute Gasteiger partial charge is 0.341 e. The van der Waals surface area contributed by atoms with E-state index >= 15 is 4.39 Å². The Balaban J connectivity index is 1.00. The lowest BCUT2D eigenvalue weighted by atomic mass is 10.1. The van der Waals surface area contributed by atoms with Crippen LogP contribution in [0.5, 0.6) is 0 Å². The molecule has 2 aromatic heterocycles. The van der Waals surface area contributed by atoms with Crippen LogP contribution in [0.1, 0.15) is 45.3 Å². The van der Waals surface area contributed by atoms with E-state index in [-0.39, 0.29) is 17.0 Å². The van der Waals surface area contributed by atoms with Crippen molar-refractivity contribution in [2.45, 2.75) is 32.0 Å². The number of hydrogen-bond acceptors (Lipinski definition) is 8. The number of carbonyl (C=O) groups excluding carboxylic acids is 2. The quantitative estimate of drug-likeness (QED) is 0.309. The summed E-state index contributed by atoms with van der Waals surface area (Å²) in [5, 5.41) is 18.0. The molecule has 7 rings (SSSR count). The molecule has 1 saturated carbocycles. The highest BCUT2D eigenvalue weighted by Crippen LogP contribution is 2.38. The van der Waals surface area contributed by atoms with Gasteiger partial charge in [0.1, 0.15) is 11.4 Å². The summed E-state index contributed by atoms with van der Waals surface area (Å²) >= 11 is 0. The number of pyridine rings is 1. The Kier molecular flexibility index (Phi) is 6.53. The predicted molar refractivity (Wildman–Crippen MR) is 154 cm³/mol. The maximum Gasteiger partial charge on any atom is 0.341 e. The van der Waals surface area contributed by atoms with Crippen LogP contribution in [0, 0.1) is 5.82 Å². The van der Waals surface area contributed by atoms with Crippen molar-refractivity contribution in [3.05, 3.63) is 81.7 Å². The fourth-order valence-corrected chi connectivity index (χ4v) is 5.98. The van der Waals surface area contributed by atoms with Gasteiger partial charge in [0.05, 0.1) is 34.7 Å². The van der Waals surface area contributed by atoms with Gasteiger partial charge in [-0.25, -0.2) is 9.18 Å². The Labute approximate surface area is 244 Å². The maximum absolute atomic E-state index is 15.3. The third kappa shape index (κ3) is 4.84. The van der Waals surface area contributed by atoms with E-state index in [1.54, 1.807) is 39.6 Å². The van der Waals surface area contributed by atoms with E-state index < -0.39 is 28.9 Å². The van der Waals surface area contributed by atoms with E-state index in [4.69, 9.17) is 0 Å². The van der Waals surface area contributed by atoms with E-state index in [0.717, 1.165) is 18.5 Å². The van der Waals surface area contributed by atoms with Crippen LogP contribution in [0.15, 0.2) is 53.6 Å². The topological polar surface area (TPSA) is 134 Å². The molecular weight excluding hydrogens is 557 g/mol. The lowest BCUT2D eigenvalue weighted by Gasteiger charge is -2.36. The van der Waals surface area contributed by atoms with E-state index in [2.05, 4.69) is 15.2 Å². The number of nitrogens with zero attached hydrogens (tertiary/aromatic N) is 7. The molecule has 0 bridgehead atoms. The summed E-state index contributed by atoms with van der Waals surface area (Å²) in [7, 11) is 0. The molecule has 1 N–H and O–H groups in total. The average Bonchev–Trinajstić information content (AvgIpc) is 3.70. The van der Waals surface area contributed by atoms with Crippen LogP contribution in [0.2, 0.25) is 0 Å². The molecule has 12 nitrogen and oxygen atoms in total. The first-order valence-electron chi connectivity index (χ1n) is 14.2. The van der Waals surface area contributed by atoms with Crippen molar-refractivity contribution in [2.75, 3.05) is 42.5 Å². The number of piperazine rings is 1.